The van der Waals surface area contributed by atoms with Crippen LogP contribution in [0.4, 0.5) is 0 Å². The Labute approximate surface area is 133 Å². The van der Waals surface area contributed by atoms with Crippen molar-refractivity contribution in [3.63, 3.8) is 0 Å². The molecule has 110 valence electrons. The van der Waals surface area contributed by atoms with E-state index in [-0.39, 0.29) is 11.9 Å². The van der Waals surface area contributed by atoms with Crippen LogP contribution in [0.5, 0.6) is 0 Å². The van der Waals surface area contributed by atoms with E-state index in [4.69, 9.17) is 11.6 Å². The van der Waals surface area contributed by atoms with E-state index in [1.807, 2.05) is 30.0 Å². The molecule has 20 heavy (non-hydrogen) atoms. The van der Waals surface area contributed by atoms with Crippen molar-refractivity contribution in [2.75, 3.05) is 13.1 Å². The Bertz CT molecular complexity index is 475. The molecule has 1 saturated heterocycles. The first-order valence-corrected chi connectivity index (χ1v) is 8.21. The molecule has 0 bridgehead atoms. The molecular weight excluding hydrogens is 340 g/mol. The van der Waals surface area contributed by atoms with Gasteiger partial charge in [0.15, 0.2) is 0 Å². The van der Waals surface area contributed by atoms with Gasteiger partial charge in [-0.2, -0.15) is 0 Å². The highest BCUT2D eigenvalue weighted by Gasteiger charge is 2.21. The van der Waals surface area contributed by atoms with E-state index < -0.39 is 0 Å². The van der Waals surface area contributed by atoms with E-state index in [2.05, 4.69) is 21.2 Å². The number of halogens is 2. The van der Waals surface area contributed by atoms with Gasteiger partial charge in [-0.1, -0.05) is 17.7 Å². The molecule has 1 aromatic rings. The number of benzene rings is 1. The maximum Gasteiger partial charge on any atom is 0.239 e. The number of hydrogen-bond acceptors (Lipinski definition) is 2. The summed E-state index contributed by atoms with van der Waals surface area (Å²) in [5.74, 6) is 0.206. The highest BCUT2D eigenvalue weighted by molar-refractivity contribution is 9.10. The first-order valence-electron chi connectivity index (χ1n) is 7.04. The fourth-order valence-corrected chi connectivity index (χ4v) is 2.94. The van der Waals surface area contributed by atoms with Gasteiger partial charge in [-0.3, -0.25) is 4.79 Å². The third-order valence-electron chi connectivity index (χ3n) is 3.63. The lowest BCUT2D eigenvalue weighted by molar-refractivity contribution is -0.133. The Morgan fingerprint density at radius 1 is 1.40 bits per heavy atom. The number of piperidine rings is 1. The van der Waals surface area contributed by atoms with Gasteiger partial charge in [0.25, 0.3) is 0 Å². The second-order valence-corrected chi connectivity index (χ2v) is 6.50. The minimum Gasteiger partial charge on any atom is -0.341 e. The van der Waals surface area contributed by atoms with E-state index in [0.717, 1.165) is 36.0 Å². The van der Waals surface area contributed by atoms with Crippen molar-refractivity contribution in [1.29, 1.82) is 0 Å². The Balaban J connectivity index is 1.85. The van der Waals surface area contributed by atoms with Crippen LogP contribution in [-0.2, 0) is 11.3 Å². The molecule has 0 aliphatic carbocycles. The van der Waals surface area contributed by atoms with Crippen molar-refractivity contribution in [1.82, 2.24) is 10.2 Å². The van der Waals surface area contributed by atoms with Crippen molar-refractivity contribution in [3.05, 3.63) is 33.3 Å². The Morgan fingerprint density at radius 3 is 2.75 bits per heavy atom. The van der Waals surface area contributed by atoms with Gasteiger partial charge < -0.3 is 10.2 Å². The lowest BCUT2D eigenvalue weighted by Gasteiger charge is -2.29. The standard InChI is InChI=1S/C15H20BrClN2O/c1-11(15(20)19-7-3-2-4-8-19)18-10-12-5-6-14(17)13(16)9-12/h5-6,9,11,18H,2-4,7-8,10H2,1H3. The summed E-state index contributed by atoms with van der Waals surface area (Å²) in [5, 5.41) is 3.99. The molecule has 0 spiro atoms. The summed E-state index contributed by atoms with van der Waals surface area (Å²) in [6.45, 7) is 4.40. The predicted octanol–water partition coefficient (Wildman–Crippen LogP) is 3.59. The molecule has 0 aromatic heterocycles. The van der Waals surface area contributed by atoms with E-state index in [9.17, 15) is 4.79 Å². The van der Waals surface area contributed by atoms with Crippen LogP contribution in [0, 0.1) is 0 Å². The minimum absolute atomic E-state index is 0.150. The number of nitrogens with zero attached hydrogens (tertiary/aromatic N) is 1. The van der Waals surface area contributed by atoms with Gasteiger partial charge in [0, 0.05) is 24.1 Å². The number of amides is 1. The highest BCUT2D eigenvalue weighted by atomic mass is 79.9. The molecule has 1 heterocycles. The Hall–Kier alpha value is -0.580. The summed E-state index contributed by atoms with van der Waals surface area (Å²) in [7, 11) is 0. The van der Waals surface area contributed by atoms with Crippen LogP contribution in [0.15, 0.2) is 22.7 Å². The van der Waals surface area contributed by atoms with Gasteiger partial charge in [0.1, 0.15) is 0 Å². The van der Waals surface area contributed by atoms with Crippen molar-refractivity contribution in [2.24, 2.45) is 0 Å². The molecule has 1 fully saturated rings. The largest absolute Gasteiger partial charge is 0.341 e. The molecule has 0 saturated carbocycles. The fraction of sp³-hybridized carbons (Fsp3) is 0.533. The van der Waals surface area contributed by atoms with Crippen LogP contribution in [0.2, 0.25) is 5.02 Å². The van der Waals surface area contributed by atoms with E-state index >= 15 is 0 Å². The summed E-state index contributed by atoms with van der Waals surface area (Å²) in [6, 6.07) is 5.66. The first-order chi connectivity index (χ1) is 9.58. The Kier molecular flexibility index (Phi) is 5.87. The van der Waals surface area contributed by atoms with Gasteiger partial charge in [-0.15, -0.1) is 0 Å². The van der Waals surface area contributed by atoms with Gasteiger partial charge in [-0.05, 0) is 59.8 Å². The zero-order valence-electron chi connectivity index (χ0n) is 11.7. The monoisotopic (exact) mass is 358 g/mol. The molecule has 1 aliphatic rings. The smallest absolute Gasteiger partial charge is 0.239 e. The Morgan fingerprint density at radius 2 is 2.10 bits per heavy atom. The molecule has 1 amide bonds. The van der Waals surface area contributed by atoms with Crippen LogP contribution < -0.4 is 5.32 Å². The van der Waals surface area contributed by atoms with Crippen LogP contribution in [0.3, 0.4) is 0 Å². The molecule has 1 aromatic carbocycles. The number of carbonyl (C=O) groups is 1. The maximum atomic E-state index is 12.3. The summed E-state index contributed by atoms with van der Waals surface area (Å²) in [6.07, 6.45) is 3.50. The molecular formula is C15H20BrClN2O. The summed E-state index contributed by atoms with van der Waals surface area (Å²) in [4.78, 5) is 14.2. The van der Waals surface area contributed by atoms with Crippen molar-refractivity contribution in [3.8, 4) is 0 Å². The van der Waals surface area contributed by atoms with Crippen LogP contribution in [0.25, 0.3) is 0 Å². The zero-order chi connectivity index (χ0) is 14.5. The first kappa shape index (κ1) is 15.8. The fourth-order valence-electron chi connectivity index (χ4n) is 2.40. The lowest BCUT2D eigenvalue weighted by atomic mass is 10.1. The van der Waals surface area contributed by atoms with Crippen molar-refractivity contribution in [2.45, 2.75) is 38.8 Å². The third kappa shape index (κ3) is 4.21. The molecule has 1 aliphatic heterocycles. The summed E-state index contributed by atoms with van der Waals surface area (Å²) >= 11 is 9.38. The molecule has 1 N–H and O–H groups in total. The summed E-state index contributed by atoms with van der Waals surface area (Å²) < 4.78 is 0.883. The van der Waals surface area contributed by atoms with Gasteiger partial charge in [0.05, 0.1) is 11.1 Å². The number of hydrogen-bond donors (Lipinski definition) is 1. The molecule has 2 rings (SSSR count). The second kappa shape index (κ2) is 7.43. The number of likely N-dealkylation sites (tertiary alicyclic amines) is 1. The van der Waals surface area contributed by atoms with Crippen LogP contribution in [0.1, 0.15) is 31.7 Å². The molecule has 0 radical (unpaired) electrons. The quantitative estimate of drug-likeness (QED) is 0.891. The van der Waals surface area contributed by atoms with Crippen molar-refractivity contribution < 1.29 is 4.79 Å². The molecule has 5 heteroatoms. The van der Waals surface area contributed by atoms with Gasteiger partial charge in [0.2, 0.25) is 5.91 Å². The highest BCUT2D eigenvalue weighted by Crippen LogP contribution is 2.23. The summed E-state index contributed by atoms with van der Waals surface area (Å²) in [5.41, 5.74) is 1.11. The van der Waals surface area contributed by atoms with E-state index in [0.29, 0.717) is 11.6 Å². The molecule has 3 nitrogen and oxygen atoms in total. The number of carbonyl (C=O) groups excluding carboxylic acids is 1. The predicted molar refractivity (Wildman–Crippen MR) is 85.9 cm³/mol. The average molecular weight is 360 g/mol. The number of rotatable bonds is 4. The van der Waals surface area contributed by atoms with E-state index in [1.165, 1.54) is 6.42 Å². The third-order valence-corrected chi connectivity index (χ3v) is 4.85. The zero-order valence-corrected chi connectivity index (χ0v) is 14.0. The van der Waals surface area contributed by atoms with Crippen LogP contribution >= 0.6 is 27.5 Å². The molecule has 1 atom stereocenters. The topological polar surface area (TPSA) is 32.3 Å². The van der Waals surface area contributed by atoms with Crippen LogP contribution in [-0.4, -0.2) is 29.9 Å². The average Bonchev–Trinajstić information content (AvgIpc) is 2.48. The second-order valence-electron chi connectivity index (χ2n) is 5.24. The van der Waals surface area contributed by atoms with Gasteiger partial charge >= 0.3 is 0 Å². The minimum atomic E-state index is -0.150. The normalized spacial score (nSPS) is 17.1. The SMILES string of the molecule is CC(NCc1ccc(Cl)c(Br)c1)C(=O)N1CCCCC1. The maximum absolute atomic E-state index is 12.3. The number of nitrogens with one attached hydrogen (secondary N) is 1. The van der Waals surface area contributed by atoms with E-state index in [1.54, 1.807) is 0 Å². The molecule has 1 unspecified atom stereocenters. The lowest BCUT2D eigenvalue weighted by Crippen LogP contribution is -2.46. The van der Waals surface area contributed by atoms with Gasteiger partial charge in [-0.25, -0.2) is 0 Å². The van der Waals surface area contributed by atoms with Crippen molar-refractivity contribution >= 4 is 33.4 Å².